The molecule has 0 radical (unpaired) electrons. The van der Waals surface area contributed by atoms with Gasteiger partial charge >= 0.3 is 0 Å². The summed E-state index contributed by atoms with van der Waals surface area (Å²) in [6.45, 7) is 0.237. The number of azide groups is 1. The Kier molecular flexibility index (Phi) is 6.27. The fourth-order valence-electron chi connectivity index (χ4n) is 3.75. The molecule has 0 saturated carbocycles. The van der Waals surface area contributed by atoms with Crippen LogP contribution < -0.4 is 5.32 Å². The summed E-state index contributed by atoms with van der Waals surface area (Å²) in [4.78, 5) is 15.7. The molecule has 1 N–H and O–H groups in total. The molecule has 4 rings (SSSR count). The molecule has 2 saturated heterocycles. The maximum Gasteiger partial charge on any atom is 0.251 e. The molecular weight excluding hydrogens is 388 g/mol. The summed E-state index contributed by atoms with van der Waals surface area (Å²) in [6, 6.07) is 16.7. The molecule has 30 heavy (non-hydrogen) atoms. The highest BCUT2D eigenvalue weighted by molar-refractivity contribution is 5.94. The smallest absolute Gasteiger partial charge is 0.251 e. The molecule has 9 heteroatoms. The molecule has 2 aliphatic heterocycles. The van der Waals surface area contributed by atoms with E-state index in [1.807, 2.05) is 36.4 Å². The van der Waals surface area contributed by atoms with Crippen molar-refractivity contribution in [3.05, 3.63) is 82.2 Å². The monoisotopic (exact) mass is 410 g/mol. The van der Waals surface area contributed by atoms with Gasteiger partial charge in [0, 0.05) is 23.1 Å². The van der Waals surface area contributed by atoms with Crippen LogP contribution in [0.5, 0.6) is 0 Å². The molecule has 0 bridgehead atoms. The second-order valence-electron chi connectivity index (χ2n) is 7.02. The minimum Gasteiger partial charge on any atom is -0.354 e. The number of carbonyl (C=O) groups excluding carboxylic acids is 1. The lowest BCUT2D eigenvalue weighted by molar-refractivity contribution is -0.322. The number of nitrogens with zero attached hydrogens (tertiary/aromatic N) is 3. The number of hydrogen-bond acceptors (Lipinski definition) is 6. The number of rotatable bonds is 5. The van der Waals surface area contributed by atoms with Crippen LogP contribution in [0.25, 0.3) is 10.4 Å². The highest BCUT2D eigenvalue weighted by Crippen LogP contribution is 2.35. The van der Waals surface area contributed by atoms with E-state index in [1.165, 1.54) is 7.11 Å². The van der Waals surface area contributed by atoms with E-state index in [1.54, 1.807) is 24.3 Å². The standard InChI is InChI=1S/C21H22N4O5/c1-27-21-17(23-19(26)13-8-4-2-5-9-13)16(24-25-22)18-15(29-21)12-28-20(30-18)14-10-6-3-7-11-14/h2-11,15-18,20-21H,12H2,1H3,(H,23,26)/t15?,16?,17?,18-,20?,21?/m1/s1. The van der Waals surface area contributed by atoms with Crippen LogP contribution in [0.4, 0.5) is 0 Å². The van der Waals surface area contributed by atoms with Crippen molar-refractivity contribution in [3.63, 3.8) is 0 Å². The van der Waals surface area contributed by atoms with Crippen LogP contribution >= 0.6 is 0 Å². The number of amides is 1. The van der Waals surface area contributed by atoms with E-state index in [9.17, 15) is 10.3 Å². The number of fused-ring (bicyclic) bond motifs is 1. The number of nitrogens with one attached hydrogen (secondary N) is 1. The van der Waals surface area contributed by atoms with Gasteiger partial charge in [-0.2, -0.15) is 0 Å². The zero-order valence-corrected chi connectivity index (χ0v) is 16.3. The van der Waals surface area contributed by atoms with Gasteiger partial charge in [0.05, 0.1) is 18.7 Å². The van der Waals surface area contributed by atoms with Gasteiger partial charge in [-0.25, -0.2) is 0 Å². The average Bonchev–Trinajstić information content (AvgIpc) is 2.81. The van der Waals surface area contributed by atoms with E-state index >= 15 is 0 Å². The van der Waals surface area contributed by atoms with Gasteiger partial charge in [-0.1, -0.05) is 53.6 Å². The van der Waals surface area contributed by atoms with Gasteiger partial charge < -0.3 is 24.3 Å². The second-order valence-corrected chi connectivity index (χ2v) is 7.02. The lowest BCUT2D eigenvalue weighted by Gasteiger charge is -2.48. The first kappa shape index (κ1) is 20.3. The van der Waals surface area contributed by atoms with Crippen molar-refractivity contribution in [2.24, 2.45) is 5.11 Å². The summed E-state index contributed by atoms with van der Waals surface area (Å²) in [5.41, 5.74) is 10.5. The Morgan fingerprint density at radius 3 is 2.50 bits per heavy atom. The summed E-state index contributed by atoms with van der Waals surface area (Å²) in [5.74, 6) is -0.325. The maximum absolute atomic E-state index is 12.7. The van der Waals surface area contributed by atoms with E-state index in [2.05, 4.69) is 15.3 Å². The van der Waals surface area contributed by atoms with Crippen molar-refractivity contribution in [2.45, 2.75) is 36.9 Å². The van der Waals surface area contributed by atoms with Crippen LogP contribution in [0.1, 0.15) is 22.2 Å². The molecule has 156 valence electrons. The predicted molar refractivity (Wildman–Crippen MR) is 106 cm³/mol. The fraction of sp³-hybridized carbons (Fsp3) is 0.381. The molecule has 0 aliphatic carbocycles. The number of benzene rings is 2. The van der Waals surface area contributed by atoms with Crippen LogP contribution in [0.2, 0.25) is 0 Å². The quantitative estimate of drug-likeness (QED) is 0.462. The molecular formula is C21H22N4O5. The van der Waals surface area contributed by atoms with Crippen molar-refractivity contribution in [1.29, 1.82) is 0 Å². The van der Waals surface area contributed by atoms with Crippen molar-refractivity contribution < 1.29 is 23.7 Å². The number of methoxy groups -OCH3 is 1. The van der Waals surface area contributed by atoms with Crippen LogP contribution in [0, 0.1) is 0 Å². The highest BCUT2D eigenvalue weighted by Gasteiger charge is 2.50. The Balaban J connectivity index is 1.59. The Hall–Kier alpha value is -2.94. The fourth-order valence-corrected chi connectivity index (χ4v) is 3.75. The SMILES string of the molecule is COC1OC2COC(c3ccccc3)O[C@H]2C(N=[N+]=[N-])C1NC(=O)c1ccccc1. The van der Waals surface area contributed by atoms with Gasteiger partial charge in [-0.05, 0) is 17.7 Å². The lowest BCUT2D eigenvalue weighted by atomic mass is 9.93. The Bertz CT molecular complexity index is 906. The van der Waals surface area contributed by atoms with Gasteiger partial charge in [0.1, 0.15) is 12.2 Å². The average molecular weight is 410 g/mol. The van der Waals surface area contributed by atoms with Crippen LogP contribution in [-0.4, -0.2) is 50.2 Å². The summed E-state index contributed by atoms with van der Waals surface area (Å²) in [5, 5.41) is 6.83. The summed E-state index contributed by atoms with van der Waals surface area (Å²) >= 11 is 0. The molecule has 1 amide bonds. The molecule has 0 spiro atoms. The zero-order chi connectivity index (χ0) is 20.9. The van der Waals surface area contributed by atoms with Gasteiger partial charge in [0.25, 0.3) is 5.91 Å². The number of ether oxygens (including phenoxy) is 4. The normalized spacial score (nSPS) is 30.6. The molecule has 6 atom stereocenters. The van der Waals surface area contributed by atoms with Crippen molar-refractivity contribution in [1.82, 2.24) is 5.32 Å². The number of carbonyl (C=O) groups is 1. The predicted octanol–water partition coefficient (Wildman–Crippen LogP) is 2.95. The van der Waals surface area contributed by atoms with Crippen LogP contribution in [0.15, 0.2) is 65.8 Å². The first-order valence-corrected chi connectivity index (χ1v) is 9.61. The minimum absolute atomic E-state index is 0.237. The third-order valence-electron chi connectivity index (χ3n) is 5.19. The topological polar surface area (TPSA) is 115 Å². The summed E-state index contributed by atoms with van der Waals surface area (Å²) in [6.07, 6.45) is -2.57. The summed E-state index contributed by atoms with van der Waals surface area (Å²) in [7, 11) is 1.47. The molecule has 2 aromatic carbocycles. The van der Waals surface area contributed by atoms with Gasteiger partial charge in [0.2, 0.25) is 0 Å². The van der Waals surface area contributed by atoms with Crippen LogP contribution in [0.3, 0.4) is 0 Å². The van der Waals surface area contributed by atoms with Crippen molar-refractivity contribution in [2.75, 3.05) is 13.7 Å². The van der Waals surface area contributed by atoms with Gasteiger partial charge in [-0.15, -0.1) is 0 Å². The zero-order valence-electron chi connectivity index (χ0n) is 16.3. The third-order valence-corrected chi connectivity index (χ3v) is 5.19. The van der Waals surface area contributed by atoms with E-state index in [0.29, 0.717) is 5.56 Å². The van der Waals surface area contributed by atoms with Gasteiger partial charge in [0.15, 0.2) is 12.6 Å². The largest absolute Gasteiger partial charge is 0.354 e. The minimum atomic E-state index is -0.824. The summed E-state index contributed by atoms with van der Waals surface area (Å²) < 4.78 is 23.4. The number of hydrogen-bond donors (Lipinski definition) is 1. The van der Waals surface area contributed by atoms with Gasteiger partial charge in [-0.3, -0.25) is 4.79 Å². The Morgan fingerprint density at radius 1 is 1.13 bits per heavy atom. The Labute approximate surface area is 173 Å². The molecule has 0 aromatic heterocycles. The first-order chi connectivity index (χ1) is 14.7. The Morgan fingerprint density at radius 2 is 1.83 bits per heavy atom. The van der Waals surface area contributed by atoms with Crippen molar-refractivity contribution in [3.8, 4) is 0 Å². The second kappa shape index (κ2) is 9.25. The maximum atomic E-state index is 12.7. The highest BCUT2D eigenvalue weighted by atomic mass is 16.7. The van der Waals surface area contributed by atoms with Crippen LogP contribution in [-0.2, 0) is 18.9 Å². The van der Waals surface area contributed by atoms with E-state index in [0.717, 1.165) is 5.56 Å². The molecule has 9 nitrogen and oxygen atoms in total. The molecule has 2 aliphatic rings. The first-order valence-electron chi connectivity index (χ1n) is 9.61. The lowest BCUT2D eigenvalue weighted by Crippen LogP contribution is -2.66. The molecule has 2 heterocycles. The molecule has 5 unspecified atom stereocenters. The van der Waals surface area contributed by atoms with Crippen molar-refractivity contribution >= 4 is 5.91 Å². The molecule has 2 aromatic rings. The van der Waals surface area contributed by atoms with E-state index in [4.69, 9.17) is 18.9 Å². The van der Waals surface area contributed by atoms with E-state index in [-0.39, 0.29) is 12.5 Å². The third kappa shape index (κ3) is 4.16. The van der Waals surface area contributed by atoms with E-state index < -0.39 is 36.9 Å². The molecule has 2 fully saturated rings.